The minimum absolute atomic E-state index is 0.168. The van der Waals surface area contributed by atoms with Gasteiger partial charge in [0.05, 0.1) is 0 Å². The van der Waals surface area contributed by atoms with Crippen LogP contribution in [0.25, 0.3) is 10.8 Å². The summed E-state index contributed by atoms with van der Waals surface area (Å²) >= 11 is 11.9. The second-order valence-electron chi connectivity index (χ2n) is 5.20. The molecule has 120 valence electrons. The van der Waals surface area contributed by atoms with E-state index >= 15 is 0 Å². The number of anilines is 1. The van der Waals surface area contributed by atoms with E-state index in [0.717, 1.165) is 5.39 Å². The third-order valence-electron chi connectivity index (χ3n) is 3.59. The molecule has 2 heterocycles. The second kappa shape index (κ2) is 5.85. The molecule has 5 nitrogen and oxygen atoms in total. The van der Waals surface area contributed by atoms with Crippen molar-refractivity contribution in [3.8, 4) is 11.5 Å². The molecule has 3 aromatic rings. The molecule has 0 saturated carbocycles. The SMILES string of the molecule is O=C(Nc1cc(Cl)cc(Cl)c1)c1nccc2cc3c(cc12)OCO3. The van der Waals surface area contributed by atoms with Crippen LogP contribution in [0.15, 0.2) is 42.6 Å². The summed E-state index contributed by atoms with van der Waals surface area (Å²) in [4.78, 5) is 16.8. The number of hydrogen-bond acceptors (Lipinski definition) is 4. The zero-order valence-corrected chi connectivity index (χ0v) is 13.7. The first-order valence-corrected chi connectivity index (χ1v) is 7.81. The summed E-state index contributed by atoms with van der Waals surface area (Å²) in [5.74, 6) is 0.884. The Morgan fingerprint density at radius 1 is 1.04 bits per heavy atom. The van der Waals surface area contributed by atoms with Gasteiger partial charge in [-0.2, -0.15) is 0 Å². The number of hydrogen-bond donors (Lipinski definition) is 1. The maximum atomic E-state index is 12.6. The zero-order chi connectivity index (χ0) is 16.7. The van der Waals surface area contributed by atoms with E-state index in [9.17, 15) is 4.79 Å². The van der Waals surface area contributed by atoms with Gasteiger partial charge in [-0.1, -0.05) is 23.2 Å². The molecule has 1 N–H and O–H groups in total. The van der Waals surface area contributed by atoms with Crippen molar-refractivity contribution in [2.75, 3.05) is 12.1 Å². The van der Waals surface area contributed by atoms with E-state index in [1.165, 1.54) is 0 Å². The molecule has 1 aliphatic rings. The van der Waals surface area contributed by atoms with Crippen LogP contribution in [0.1, 0.15) is 10.5 Å². The summed E-state index contributed by atoms with van der Waals surface area (Å²) < 4.78 is 10.7. The lowest BCUT2D eigenvalue weighted by molar-refractivity contribution is 0.102. The molecule has 1 aromatic heterocycles. The molecule has 0 spiro atoms. The van der Waals surface area contributed by atoms with Gasteiger partial charge < -0.3 is 14.8 Å². The first-order chi connectivity index (χ1) is 11.6. The Balaban J connectivity index is 1.74. The van der Waals surface area contributed by atoms with Crippen LogP contribution >= 0.6 is 23.2 Å². The van der Waals surface area contributed by atoms with Crippen LogP contribution in [0, 0.1) is 0 Å². The fraction of sp³-hybridized carbons (Fsp3) is 0.0588. The van der Waals surface area contributed by atoms with Crippen molar-refractivity contribution in [2.45, 2.75) is 0 Å². The summed E-state index contributed by atoms with van der Waals surface area (Å²) in [6.07, 6.45) is 1.57. The number of carbonyl (C=O) groups excluding carboxylic acids is 1. The standard InChI is InChI=1S/C17H10Cl2N2O3/c18-10-4-11(19)6-12(5-10)21-17(22)16-13-7-15-14(23-8-24-15)3-9(13)1-2-20-16/h1-7H,8H2,(H,21,22). The van der Waals surface area contributed by atoms with Crippen molar-refractivity contribution in [3.63, 3.8) is 0 Å². The lowest BCUT2D eigenvalue weighted by Crippen LogP contribution is -2.14. The maximum absolute atomic E-state index is 12.6. The van der Waals surface area contributed by atoms with Crippen LogP contribution in [-0.2, 0) is 0 Å². The van der Waals surface area contributed by atoms with Gasteiger partial charge in [-0.15, -0.1) is 0 Å². The molecule has 2 aromatic carbocycles. The van der Waals surface area contributed by atoms with Gasteiger partial charge in [0.25, 0.3) is 5.91 Å². The van der Waals surface area contributed by atoms with Gasteiger partial charge in [-0.3, -0.25) is 9.78 Å². The average molecular weight is 361 g/mol. The summed E-state index contributed by atoms with van der Waals surface area (Å²) in [7, 11) is 0. The van der Waals surface area contributed by atoms with Crippen LogP contribution in [0.2, 0.25) is 10.0 Å². The van der Waals surface area contributed by atoms with Crippen molar-refractivity contribution in [3.05, 3.63) is 58.3 Å². The summed E-state index contributed by atoms with van der Waals surface area (Å²) in [5, 5.41) is 5.14. The molecule has 0 saturated heterocycles. The monoisotopic (exact) mass is 360 g/mol. The summed E-state index contributed by atoms with van der Waals surface area (Å²) in [6, 6.07) is 10.2. The number of aromatic nitrogens is 1. The van der Waals surface area contributed by atoms with E-state index in [1.807, 2.05) is 12.1 Å². The Kier molecular flexibility index (Phi) is 3.67. The van der Waals surface area contributed by atoms with Crippen LogP contribution in [-0.4, -0.2) is 17.7 Å². The molecule has 0 bridgehead atoms. The maximum Gasteiger partial charge on any atom is 0.274 e. The van der Waals surface area contributed by atoms with E-state index in [1.54, 1.807) is 30.5 Å². The molecule has 1 aliphatic heterocycles. The van der Waals surface area contributed by atoms with Gasteiger partial charge in [0, 0.05) is 27.3 Å². The average Bonchev–Trinajstić information content (AvgIpc) is 2.98. The smallest absolute Gasteiger partial charge is 0.274 e. The fourth-order valence-electron chi connectivity index (χ4n) is 2.56. The molecule has 1 amide bonds. The van der Waals surface area contributed by atoms with Crippen LogP contribution in [0.4, 0.5) is 5.69 Å². The topological polar surface area (TPSA) is 60.5 Å². The predicted molar refractivity (Wildman–Crippen MR) is 92.3 cm³/mol. The lowest BCUT2D eigenvalue weighted by atomic mass is 10.1. The van der Waals surface area contributed by atoms with Crippen molar-refractivity contribution in [1.29, 1.82) is 0 Å². The molecular formula is C17H10Cl2N2O3. The van der Waals surface area contributed by atoms with Gasteiger partial charge in [-0.05, 0) is 41.8 Å². The minimum Gasteiger partial charge on any atom is -0.454 e. The van der Waals surface area contributed by atoms with E-state index in [4.69, 9.17) is 32.7 Å². The number of halogens is 2. The predicted octanol–water partition coefficient (Wildman–Crippen LogP) is 4.52. The lowest BCUT2D eigenvalue weighted by Gasteiger charge is -2.09. The highest BCUT2D eigenvalue weighted by Gasteiger charge is 2.19. The van der Waals surface area contributed by atoms with Gasteiger partial charge in [0.2, 0.25) is 6.79 Å². The quantitative estimate of drug-likeness (QED) is 0.729. The number of carbonyl (C=O) groups is 1. The van der Waals surface area contributed by atoms with E-state index in [2.05, 4.69) is 10.3 Å². The molecule has 0 fully saturated rings. The Bertz CT molecular complexity index is 955. The van der Waals surface area contributed by atoms with Crippen molar-refractivity contribution in [1.82, 2.24) is 4.98 Å². The van der Waals surface area contributed by atoms with E-state index in [-0.39, 0.29) is 18.4 Å². The molecule has 24 heavy (non-hydrogen) atoms. The molecule has 0 atom stereocenters. The number of fused-ring (bicyclic) bond motifs is 2. The fourth-order valence-corrected chi connectivity index (χ4v) is 3.09. The highest BCUT2D eigenvalue weighted by molar-refractivity contribution is 6.35. The normalized spacial score (nSPS) is 12.4. The number of pyridine rings is 1. The molecule has 4 rings (SSSR count). The number of nitrogens with one attached hydrogen (secondary N) is 1. The van der Waals surface area contributed by atoms with Crippen LogP contribution in [0.5, 0.6) is 11.5 Å². The Hall–Kier alpha value is -2.50. The third-order valence-corrected chi connectivity index (χ3v) is 4.03. The summed E-state index contributed by atoms with van der Waals surface area (Å²) in [6.45, 7) is 0.168. The molecular weight excluding hydrogens is 351 g/mol. The zero-order valence-electron chi connectivity index (χ0n) is 12.2. The van der Waals surface area contributed by atoms with E-state index in [0.29, 0.717) is 32.6 Å². The van der Waals surface area contributed by atoms with Gasteiger partial charge in [0.15, 0.2) is 11.5 Å². The third kappa shape index (κ3) is 2.72. The first-order valence-electron chi connectivity index (χ1n) is 7.06. The molecule has 0 aliphatic carbocycles. The van der Waals surface area contributed by atoms with Crippen LogP contribution < -0.4 is 14.8 Å². The highest BCUT2D eigenvalue weighted by atomic mass is 35.5. The Morgan fingerprint density at radius 2 is 1.75 bits per heavy atom. The Morgan fingerprint density at radius 3 is 2.50 bits per heavy atom. The van der Waals surface area contributed by atoms with Gasteiger partial charge in [0.1, 0.15) is 5.69 Å². The van der Waals surface area contributed by atoms with Crippen molar-refractivity contribution >= 4 is 45.6 Å². The number of ether oxygens (including phenoxy) is 2. The number of benzene rings is 2. The largest absolute Gasteiger partial charge is 0.454 e. The van der Waals surface area contributed by atoms with Crippen LogP contribution in [0.3, 0.4) is 0 Å². The Labute approximate surface area is 147 Å². The second-order valence-corrected chi connectivity index (χ2v) is 6.07. The molecule has 0 unspecified atom stereocenters. The van der Waals surface area contributed by atoms with Gasteiger partial charge >= 0.3 is 0 Å². The van der Waals surface area contributed by atoms with Crippen molar-refractivity contribution < 1.29 is 14.3 Å². The highest BCUT2D eigenvalue weighted by Crippen LogP contribution is 2.36. The first kappa shape index (κ1) is 15.1. The number of amides is 1. The summed E-state index contributed by atoms with van der Waals surface area (Å²) in [5.41, 5.74) is 0.777. The molecule has 7 heteroatoms. The van der Waals surface area contributed by atoms with Crippen molar-refractivity contribution in [2.24, 2.45) is 0 Å². The minimum atomic E-state index is -0.363. The van der Waals surface area contributed by atoms with Gasteiger partial charge in [-0.25, -0.2) is 0 Å². The number of nitrogens with zero attached hydrogens (tertiary/aromatic N) is 1. The molecule has 0 radical (unpaired) electrons. The number of rotatable bonds is 2. The van der Waals surface area contributed by atoms with E-state index < -0.39 is 0 Å².